The first-order valence-electron chi connectivity index (χ1n) is 10.5. The molecule has 0 amide bonds. The van der Waals surface area contributed by atoms with Gasteiger partial charge in [0.1, 0.15) is 0 Å². The lowest BCUT2D eigenvalue weighted by atomic mass is 9.79. The van der Waals surface area contributed by atoms with Gasteiger partial charge in [-0.25, -0.2) is 0 Å². The number of guanidine groups is 1. The topological polar surface area (TPSA) is 54.2 Å². The molecule has 1 aromatic heterocycles. The Morgan fingerprint density at radius 3 is 2.46 bits per heavy atom. The highest BCUT2D eigenvalue weighted by molar-refractivity contribution is 5.80. The summed E-state index contributed by atoms with van der Waals surface area (Å²) in [6.45, 7) is 7.36. The van der Waals surface area contributed by atoms with Crippen molar-refractivity contribution in [3.8, 4) is 0 Å². The summed E-state index contributed by atoms with van der Waals surface area (Å²) in [5.41, 5.74) is 5.35. The Bertz CT molecular complexity index is 800. The molecule has 0 radical (unpaired) electrons. The van der Waals surface area contributed by atoms with Crippen molar-refractivity contribution in [1.29, 1.82) is 0 Å². The predicted octanol–water partition coefficient (Wildman–Crippen LogP) is 3.64. The standard InChI is InChI=1S/C23H35N5/c1-17(15-21-18(2)27-28(5)19(21)3)26-22(24-4)25-16-23(13-9-10-14-23)20-11-7-6-8-12-20/h6-8,11-12,17H,9-10,13-16H2,1-5H3,(H2,24,25,26). The molecule has 2 N–H and O–H groups in total. The van der Waals surface area contributed by atoms with E-state index in [9.17, 15) is 0 Å². The normalized spacial score (nSPS) is 17.5. The van der Waals surface area contributed by atoms with Crippen molar-refractivity contribution in [3.63, 3.8) is 0 Å². The van der Waals surface area contributed by atoms with Gasteiger partial charge in [0.05, 0.1) is 5.69 Å². The van der Waals surface area contributed by atoms with Gasteiger partial charge in [0.15, 0.2) is 5.96 Å². The first kappa shape index (κ1) is 20.4. The molecule has 5 heteroatoms. The largest absolute Gasteiger partial charge is 0.356 e. The fourth-order valence-electron chi connectivity index (χ4n) is 4.56. The molecule has 0 spiro atoms. The Morgan fingerprint density at radius 1 is 1.21 bits per heavy atom. The Hall–Kier alpha value is -2.30. The summed E-state index contributed by atoms with van der Waals surface area (Å²) in [4.78, 5) is 4.48. The van der Waals surface area contributed by atoms with Gasteiger partial charge in [-0.05, 0) is 51.2 Å². The summed E-state index contributed by atoms with van der Waals surface area (Å²) in [6.07, 6.45) is 6.03. The number of nitrogens with zero attached hydrogens (tertiary/aromatic N) is 3. The SMILES string of the molecule is CN=C(NCC1(c2ccccc2)CCCC1)NC(C)Cc1c(C)nn(C)c1C. The fourth-order valence-corrected chi connectivity index (χ4v) is 4.56. The molecule has 1 aromatic carbocycles. The van der Waals surface area contributed by atoms with Crippen LogP contribution in [0.15, 0.2) is 35.3 Å². The molecule has 3 rings (SSSR count). The van der Waals surface area contributed by atoms with Crippen molar-refractivity contribution in [2.45, 2.75) is 64.3 Å². The lowest BCUT2D eigenvalue weighted by Gasteiger charge is -2.31. The van der Waals surface area contributed by atoms with E-state index in [-0.39, 0.29) is 11.5 Å². The van der Waals surface area contributed by atoms with E-state index in [2.05, 4.69) is 71.8 Å². The number of hydrogen-bond acceptors (Lipinski definition) is 2. The molecule has 1 fully saturated rings. The van der Waals surface area contributed by atoms with Gasteiger partial charge in [-0.1, -0.05) is 43.2 Å². The van der Waals surface area contributed by atoms with Crippen LogP contribution in [0.25, 0.3) is 0 Å². The molecule has 2 aromatic rings. The van der Waals surface area contributed by atoms with Gasteiger partial charge in [0.2, 0.25) is 0 Å². The molecule has 152 valence electrons. The van der Waals surface area contributed by atoms with Gasteiger partial charge < -0.3 is 10.6 Å². The van der Waals surface area contributed by atoms with Crippen LogP contribution in [0.2, 0.25) is 0 Å². The maximum absolute atomic E-state index is 4.54. The number of rotatable bonds is 6. The monoisotopic (exact) mass is 381 g/mol. The molecule has 1 aliphatic carbocycles. The maximum Gasteiger partial charge on any atom is 0.191 e. The van der Waals surface area contributed by atoms with E-state index in [1.54, 1.807) is 0 Å². The minimum Gasteiger partial charge on any atom is -0.356 e. The van der Waals surface area contributed by atoms with Crippen LogP contribution in [0.3, 0.4) is 0 Å². The highest BCUT2D eigenvalue weighted by atomic mass is 15.3. The van der Waals surface area contributed by atoms with Crippen molar-refractivity contribution in [2.24, 2.45) is 12.0 Å². The molecule has 0 aliphatic heterocycles. The molecule has 1 saturated carbocycles. The molecular weight excluding hydrogens is 346 g/mol. The lowest BCUT2D eigenvalue weighted by Crippen LogP contribution is -2.47. The van der Waals surface area contributed by atoms with Gasteiger partial charge >= 0.3 is 0 Å². The van der Waals surface area contributed by atoms with Crippen LogP contribution >= 0.6 is 0 Å². The molecule has 1 atom stereocenters. The molecule has 0 bridgehead atoms. The molecular formula is C23H35N5. The summed E-state index contributed by atoms with van der Waals surface area (Å²) < 4.78 is 1.97. The highest BCUT2D eigenvalue weighted by Gasteiger charge is 2.35. The number of hydrogen-bond donors (Lipinski definition) is 2. The number of aromatic nitrogens is 2. The first-order chi connectivity index (χ1) is 13.4. The van der Waals surface area contributed by atoms with Crippen LogP contribution in [-0.2, 0) is 18.9 Å². The summed E-state index contributed by atoms with van der Waals surface area (Å²) in [6, 6.07) is 11.2. The van der Waals surface area contributed by atoms with E-state index in [1.165, 1.54) is 42.5 Å². The van der Waals surface area contributed by atoms with Gasteiger partial charge in [-0.2, -0.15) is 5.10 Å². The van der Waals surface area contributed by atoms with Crippen molar-refractivity contribution in [3.05, 3.63) is 52.8 Å². The van der Waals surface area contributed by atoms with Crippen LogP contribution in [0.4, 0.5) is 0 Å². The Kier molecular flexibility index (Phi) is 6.42. The highest BCUT2D eigenvalue weighted by Crippen LogP contribution is 2.40. The zero-order valence-corrected chi connectivity index (χ0v) is 18.0. The van der Waals surface area contributed by atoms with Gasteiger partial charge in [0.25, 0.3) is 0 Å². The zero-order valence-electron chi connectivity index (χ0n) is 18.0. The van der Waals surface area contributed by atoms with Crippen LogP contribution in [-0.4, -0.2) is 35.4 Å². The van der Waals surface area contributed by atoms with Crippen LogP contribution in [0, 0.1) is 13.8 Å². The van der Waals surface area contributed by atoms with E-state index < -0.39 is 0 Å². The summed E-state index contributed by atoms with van der Waals surface area (Å²) in [7, 11) is 3.86. The Balaban J connectivity index is 1.62. The predicted molar refractivity (Wildman–Crippen MR) is 117 cm³/mol. The maximum atomic E-state index is 4.54. The van der Waals surface area contributed by atoms with Crippen molar-refractivity contribution < 1.29 is 0 Å². The van der Waals surface area contributed by atoms with Crippen molar-refractivity contribution >= 4 is 5.96 Å². The summed E-state index contributed by atoms with van der Waals surface area (Å²) in [5, 5.41) is 11.7. The third kappa shape index (κ3) is 4.40. The molecule has 5 nitrogen and oxygen atoms in total. The fraction of sp³-hybridized carbons (Fsp3) is 0.565. The number of aliphatic imine (C=N–C) groups is 1. The van der Waals surface area contributed by atoms with E-state index in [0.717, 1.165) is 24.6 Å². The Labute approximate surface area is 169 Å². The molecule has 1 heterocycles. The summed E-state index contributed by atoms with van der Waals surface area (Å²) in [5.74, 6) is 0.883. The van der Waals surface area contributed by atoms with Crippen LogP contribution in [0.1, 0.15) is 55.1 Å². The first-order valence-corrected chi connectivity index (χ1v) is 10.5. The second kappa shape index (κ2) is 8.80. The molecule has 0 saturated heterocycles. The lowest BCUT2D eigenvalue weighted by molar-refractivity contribution is 0.430. The van der Waals surface area contributed by atoms with E-state index in [1.807, 2.05) is 18.8 Å². The minimum atomic E-state index is 0.221. The van der Waals surface area contributed by atoms with Crippen molar-refractivity contribution in [2.75, 3.05) is 13.6 Å². The second-order valence-corrected chi connectivity index (χ2v) is 8.30. The Morgan fingerprint density at radius 2 is 1.89 bits per heavy atom. The third-order valence-corrected chi connectivity index (χ3v) is 6.32. The van der Waals surface area contributed by atoms with Crippen LogP contribution < -0.4 is 10.6 Å². The molecule has 28 heavy (non-hydrogen) atoms. The van der Waals surface area contributed by atoms with E-state index in [4.69, 9.17) is 0 Å². The second-order valence-electron chi connectivity index (χ2n) is 8.30. The summed E-state index contributed by atoms with van der Waals surface area (Å²) >= 11 is 0. The van der Waals surface area contributed by atoms with E-state index in [0.29, 0.717) is 0 Å². The number of benzene rings is 1. The van der Waals surface area contributed by atoms with Crippen LogP contribution in [0.5, 0.6) is 0 Å². The minimum absolute atomic E-state index is 0.221. The number of aryl methyl sites for hydroxylation is 2. The quantitative estimate of drug-likeness (QED) is 0.593. The smallest absolute Gasteiger partial charge is 0.191 e. The third-order valence-electron chi connectivity index (χ3n) is 6.32. The van der Waals surface area contributed by atoms with Gasteiger partial charge in [-0.3, -0.25) is 9.67 Å². The molecule has 1 aliphatic rings. The number of nitrogens with one attached hydrogen (secondary N) is 2. The van der Waals surface area contributed by atoms with Gasteiger partial charge in [0, 0.05) is 37.8 Å². The van der Waals surface area contributed by atoms with Crippen molar-refractivity contribution in [1.82, 2.24) is 20.4 Å². The van der Waals surface area contributed by atoms with Gasteiger partial charge in [-0.15, -0.1) is 0 Å². The average molecular weight is 382 g/mol. The van der Waals surface area contributed by atoms with E-state index >= 15 is 0 Å². The average Bonchev–Trinajstić information content (AvgIpc) is 3.27. The zero-order chi connectivity index (χ0) is 20.1. The molecule has 1 unspecified atom stereocenters.